The Morgan fingerprint density at radius 1 is 0.556 bits per heavy atom. The second-order valence-corrected chi connectivity index (χ2v) is 0.707. The molecule has 0 aliphatic rings. The molecule has 0 radical (unpaired) electrons. The Balaban J connectivity index is -0.00000000133. The van der Waals surface area contributed by atoms with Crippen LogP contribution in [0.25, 0.3) is 0 Å². The Kier molecular flexibility index (Phi) is 463. The SMILES string of the molecule is Br.Br.Br.Br.Br.Br.CCC. The first-order chi connectivity index (χ1) is 1.41. The minimum atomic E-state index is 0. The zero-order valence-corrected chi connectivity index (χ0v) is 15.4. The second-order valence-electron chi connectivity index (χ2n) is 0.707. The predicted molar refractivity (Wildman–Crippen MR) is 77.9 cm³/mol. The molecule has 0 heterocycles. The molecule has 68 valence electrons. The van der Waals surface area contributed by atoms with Crippen LogP contribution in [0.1, 0.15) is 20.3 Å². The van der Waals surface area contributed by atoms with Crippen molar-refractivity contribution in [3.8, 4) is 0 Å². The number of rotatable bonds is 0. The van der Waals surface area contributed by atoms with Crippen molar-refractivity contribution in [3.05, 3.63) is 0 Å². The molecule has 0 aromatic heterocycles. The first kappa shape index (κ1) is 59.1. The van der Waals surface area contributed by atoms with Gasteiger partial charge in [0, 0.05) is 0 Å². The molecule has 0 spiro atoms. The van der Waals surface area contributed by atoms with Gasteiger partial charge in [0.25, 0.3) is 0 Å². The van der Waals surface area contributed by atoms with Crippen LogP contribution in [-0.4, -0.2) is 0 Å². The zero-order valence-electron chi connectivity index (χ0n) is 5.16. The van der Waals surface area contributed by atoms with Crippen LogP contribution in [0, 0.1) is 0 Å². The maximum absolute atomic E-state index is 2.12. The van der Waals surface area contributed by atoms with E-state index in [-0.39, 0.29) is 102 Å². The zero-order chi connectivity index (χ0) is 2.71. The molecule has 0 bridgehead atoms. The monoisotopic (exact) mass is 524 g/mol. The van der Waals surface area contributed by atoms with Gasteiger partial charge in [0.1, 0.15) is 0 Å². The molecule has 0 aromatic rings. The van der Waals surface area contributed by atoms with Crippen LogP contribution in [0.4, 0.5) is 0 Å². The minimum absolute atomic E-state index is 0. The lowest BCUT2D eigenvalue weighted by molar-refractivity contribution is 1.09. The third kappa shape index (κ3) is 103. The molecule has 0 saturated heterocycles. The summed E-state index contributed by atoms with van der Waals surface area (Å²) in [5.74, 6) is 0. The largest absolute Gasteiger partial charge is 0.114 e. The van der Waals surface area contributed by atoms with E-state index in [9.17, 15) is 0 Å². The van der Waals surface area contributed by atoms with E-state index >= 15 is 0 Å². The highest BCUT2D eigenvalue weighted by molar-refractivity contribution is 8.93. The topological polar surface area (TPSA) is 0 Å². The molecule has 0 aliphatic carbocycles. The molecule has 0 aromatic carbocycles. The Morgan fingerprint density at radius 3 is 0.556 bits per heavy atom. The average Bonchev–Trinajstić information content (AvgIpc) is 0.918. The summed E-state index contributed by atoms with van der Waals surface area (Å²) in [6.07, 6.45) is 1.25. The van der Waals surface area contributed by atoms with Crippen molar-refractivity contribution < 1.29 is 0 Å². The summed E-state index contributed by atoms with van der Waals surface area (Å²) in [5.41, 5.74) is 0. The fourth-order valence-corrected chi connectivity index (χ4v) is 0. The van der Waals surface area contributed by atoms with E-state index < -0.39 is 0 Å². The third-order valence-corrected chi connectivity index (χ3v) is 0. The Labute approximate surface area is 121 Å². The van der Waals surface area contributed by atoms with Crippen molar-refractivity contribution in [2.24, 2.45) is 0 Å². The lowest BCUT2D eigenvalue weighted by atomic mass is 10.6. The normalized spacial score (nSPS) is 2.00. The van der Waals surface area contributed by atoms with E-state index in [1.165, 1.54) is 6.42 Å². The van der Waals surface area contributed by atoms with Crippen molar-refractivity contribution in [1.82, 2.24) is 0 Å². The molecule has 0 unspecified atom stereocenters. The Bertz CT molecular complexity index is 8.26. The van der Waals surface area contributed by atoms with Gasteiger partial charge in [-0.05, 0) is 0 Å². The summed E-state index contributed by atoms with van der Waals surface area (Å²) in [6.45, 7) is 4.25. The molecule has 0 N–H and O–H groups in total. The highest BCUT2D eigenvalue weighted by Gasteiger charge is 1.35. The summed E-state index contributed by atoms with van der Waals surface area (Å²) in [4.78, 5) is 0. The van der Waals surface area contributed by atoms with Gasteiger partial charge in [-0.1, -0.05) is 20.3 Å². The average molecular weight is 530 g/mol. The summed E-state index contributed by atoms with van der Waals surface area (Å²) in [6, 6.07) is 0. The molecule has 0 fully saturated rings. The highest BCUT2D eigenvalue weighted by atomic mass is 79.9. The number of halogens is 6. The molecular formula is C3H14Br6. The molecule has 0 saturated carbocycles. The molecular weight excluding hydrogens is 515 g/mol. The van der Waals surface area contributed by atoms with Crippen LogP contribution in [0.5, 0.6) is 0 Å². The van der Waals surface area contributed by atoms with Crippen LogP contribution in [0.3, 0.4) is 0 Å². The van der Waals surface area contributed by atoms with Gasteiger partial charge in [-0.3, -0.25) is 0 Å². The Hall–Kier alpha value is 2.88. The van der Waals surface area contributed by atoms with E-state index in [1.54, 1.807) is 0 Å². The first-order valence-electron chi connectivity index (χ1n) is 1.41. The summed E-state index contributed by atoms with van der Waals surface area (Å²) in [5, 5.41) is 0. The van der Waals surface area contributed by atoms with Crippen LogP contribution >= 0.6 is 102 Å². The van der Waals surface area contributed by atoms with Crippen LogP contribution in [0.2, 0.25) is 0 Å². The lowest BCUT2D eigenvalue weighted by Crippen LogP contribution is -1.27. The van der Waals surface area contributed by atoms with Crippen molar-refractivity contribution >= 4 is 102 Å². The fraction of sp³-hybridized carbons (Fsp3) is 1.00. The summed E-state index contributed by atoms with van der Waals surface area (Å²) >= 11 is 0. The molecule has 9 heavy (non-hydrogen) atoms. The molecule has 6 heteroatoms. The highest BCUT2D eigenvalue weighted by Crippen LogP contribution is 1.56. The lowest BCUT2D eigenvalue weighted by Gasteiger charge is -1.48. The third-order valence-electron chi connectivity index (χ3n) is 0. The van der Waals surface area contributed by atoms with Gasteiger partial charge in [-0.25, -0.2) is 0 Å². The molecule has 0 nitrogen and oxygen atoms in total. The van der Waals surface area contributed by atoms with Gasteiger partial charge in [-0.2, -0.15) is 0 Å². The molecule has 0 aliphatic heterocycles. The maximum Gasteiger partial charge on any atom is -0.0590 e. The van der Waals surface area contributed by atoms with Gasteiger partial charge >= 0.3 is 0 Å². The van der Waals surface area contributed by atoms with E-state index in [0.717, 1.165) is 0 Å². The van der Waals surface area contributed by atoms with Gasteiger partial charge in [-0.15, -0.1) is 102 Å². The maximum atomic E-state index is 2.12. The predicted octanol–water partition coefficient (Wildman–Crippen LogP) is 4.88. The summed E-state index contributed by atoms with van der Waals surface area (Å²) < 4.78 is 0. The van der Waals surface area contributed by atoms with Gasteiger partial charge in [0.05, 0.1) is 0 Å². The van der Waals surface area contributed by atoms with Crippen molar-refractivity contribution in [3.63, 3.8) is 0 Å². The minimum Gasteiger partial charge on any atom is -0.114 e. The van der Waals surface area contributed by atoms with Gasteiger partial charge in [0.15, 0.2) is 0 Å². The number of hydrogen-bond acceptors (Lipinski definition) is 0. The van der Waals surface area contributed by atoms with Gasteiger partial charge in [0.2, 0.25) is 0 Å². The van der Waals surface area contributed by atoms with E-state index in [2.05, 4.69) is 13.8 Å². The standard InChI is InChI=1S/C3H8.6BrH/c1-3-2;;;;;;/h3H2,1-2H3;6*1H. The van der Waals surface area contributed by atoms with E-state index in [0.29, 0.717) is 0 Å². The summed E-state index contributed by atoms with van der Waals surface area (Å²) in [7, 11) is 0. The first-order valence-corrected chi connectivity index (χ1v) is 1.41. The molecule has 0 atom stereocenters. The van der Waals surface area contributed by atoms with E-state index in [4.69, 9.17) is 0 Å². The van der Waals surface area contributed by atoms with Crippen molar-refractivity contribution in [2.45, 2.75) is 20.3 Å². The van der Waals surface area contributed by atoms with Crippen molar-refractivity contribution in [1.29, 1.82) is 0 Å². The fourth-order valence-electron chi connectivity index (χ4n) is 0. The quantitative estimate of drug-likeness (QED) is 0.420. The Morgan fingerprint density at radius 2 is 0.556 bits per heavy atom. The van der Waals surface area contributed by atoms with Gasteiger partial charge < -0.3 is 0 Å². The van der Waals surface area contributed by atoms with Crippen LogP contribution in [-0.2, 0) is 0 Å². The second kappa shape index (κ2) is 70.5. The smallest absolute Gasteiger partial charge is 0.0590 e. The molecule has 0 amide bonds. The number of hydrogen-bond donors (Lipinski definition) is 0. The van der Waals surface area contributed by atoms with Crippen molar-refractivity contribution in [2.75, 3.05) is 0 Å². The van der Waals surface area contributed by atoms with E-state index in [1.807, 2.05) is 0 Å². The van der Waals surface area contributed by atoms with Crippen LogP contribution in [0.15, 0.2) is 0 Å². The van der Waals surface area contributed by atoms with Crippen LogP contribution < -0.4 is 0 Å². The molecule has 0 rings (SSSR count).